The minimum atomic E-state index is -3.48. The molecule has 0 heterocycles. The van der Waals surface area contributed by atoms with Crippen molar-refractivity contribution in [2.75, 3.05) is 26.7 Å². The number of nitrogens with two attached hydrogens (primary N) is 1. The molecule has 0 aliphatic heterocycles. The molecule has 0 bridgehead atoms. The van der Waals surface area contributed by atoms with Gasteiger partial charge in [0, 0.05) is 20.1 Å². The molecule has 102 valence electrons. The van der Waals surface area contributed by atoms with E-state index < -0.39 is 15.3 Å². The standard InChI is InChI=1S/C10H23N3O3S/c1-8(2)6-12-10(14)7-13(4)17(15,16)9(3)5-11/h8-9H,5-7,11H2,1-4H3,(H,12,14). The van der Waals surface area contributed by atoms with E-state index in [2.05, 4.69) is 5.32 Å². The van der Waals surface area contributed by atoms with Crippen LogP contribution in [-0.2, 0) is 14.8 Å². The second-order valence-corrected chi connectivity index (χ2v) is 7.00. The highest BCUT2D eigenvalue weighted by Crippen LogP contribution is 2.04. The number of hydrogen-bond acceptors (Lipinski definition) is 4. The van der Waals surface area contributed by atoms with Crippen LogP contribution < -0.4 is 11.1 Å². The van der Waals surface area contributed by atoms with Gasteiger partial charge in [0.1, 0.15) is 0 Å². The highest BCUT2D eigenvalue weighted by Gasteiger charge is 2.26. The van der Waals surface area contributed by atoms with Gasteiger partial charge in [0.05, 0.1) is 11.8 Å². The van der Waals surface area contributed by atoms with Crippen LogP contribution in [-0.4, -0.2) is 50.6 Å². The third-order valence-corrected chi connectivity index (χ3v) is 4.56. The molecule has 7 heteroatoms. The zero-order valence-electron chi connectivity index (χ0n) is 10.9. The topological polar surface area (TPSA) is 92.5 Å². The molecule has 1 amide bonds. The number of carbonyl (C=O) groups excluding carboxylic acids is 1. The molecule has 0 saturated heterocycles. The van der Waals surface area contributed by atoms with Crippen molar-refractivity contribution in [2.24, 2.45) is 11.7 Å². The summed E-state index contributed by atoms with van der Waals surface area (Å²) in [7, 11) is -2.09. The fourth-order valence-electron chi connectivity index (χ4n) is 1.09. The number of rotatable bonds is 7. The van der Waals surface area contributed by atoms with Crippen LogP contribution in [0.25, 0.3) is 0 Å². The van der Waals surface area contributed by atoms with Crippen LogP contribution in [0.1, 0.15) is 20.8 Å². The second-order valence-electron chi connectivity index (χ2n) is 4.55. The van der Waals surface area contributed by atoms with Crippen molar-refractivity contribution in [2.45, 2.75) is 26.0 Å². The van der Waals surface area contributed by atoms with Gasteiger partial charge in [0.15, 0.2) is 0 Å². The zero-order chi connectivity index (χ0) is 13.6. The first-order valence-electron chi connectivity index (χ1n) is 5.63. The lowest BCUT2D eigenvalue weighted by atomic mass is 10.2. The third-order valence-electron chi connectivity index (χ3n) is 2.35. The van der Waals surface area contributed by atoms with E-state index in [-0.39, 0.29) is 19.0 Å². The summed E-state index contributed by atoms with van der Waals surface area (Å²) in [6.45, 7) is 5.88. The lowest BCUT2D eigenvalue weighted by Crippen LogP contribution is -2.44. The van der Waals surface area contributed by atoms with E-state index in [4.69, 9.17) is 5.73 Å². The molecule has 1 atom stereocenters. The first kappa shape index (κ1) is 16.3. The third kappa shape index (κ3) is 5.47. The van der Waals surface area contributed by atoms with E-state index >= 15 is 0 Å². The van der Waals surface area contributed by atoms with E-state index in [9.17, 15) is 13.2 Å². The lowest BCUT2D eigenvalue weighted by molar-refractivity contribution is -0.121. The predicted molar refractivity (Wildman–Crippen MR) is 67.9 cm³/mol. The number of nitrogens with one attached hydrogen (secondary N) is 1. The van der Waals surface area contributed by atoms with Gasteiger partial charge < -0.3 is 11.1 Å². The molecule has 0 aromatic carbocycles. The molecule has 0 aliphatic carbocycles. The summed E-state index contributed by atoms with van der Waals surface area (Å²) in [5.74, 6) is 0.0397. The average Bonchev–Trinajstić information content (AvgIpc) is 2.24. The summed E-state index contributed by atoms with van der Waals surface area (Å²) in [6, 6.07) is 0. The van der Waals surface area contributed by atoms with Gasteiger partial charge in [0.2, 0.25) is 15.9 Å². The number of amides is 1. The van der Waals surface area contributed by atoms with E-state index in [1.165, 1.54) is 14.0 Å². The molecule has 0 aliphatic rings. The Morgan fingerprint density at radius 3 is 2.29 bits per heavy atom. The average molecular weight is 265 g/mol. The maximum Gasteiger partial charge on any atom is 0.235 e. The van der Waals surface area contributed by atoms with Crippen molar-refractivity contribution in [3.8, 4) is 0 Å². The Bertz CT molecular complexity index is 341. The van der Waals surface area contributed by atoms with Crippen molar-refractivity contribution in [3.05, 3.63) is 0 Å². The SMILES string of the molecule is CC(C)CNC(=O)CN(C)S(=O)(=O)C(C)CN. The Morgan fingerprint density at radius 1 is 1.35 bits per heavy atom. The Morgan fingerprint density at radius 2 is 1.88 bits per heavy atom. The van der Waals surface area contributed by atoms with Crippen LogP contribution in [0.4, 0.5) is 0 Å². The molecule has 0 fully saturated rings. The summed E-state index contributed by atoms with van der Waals surface area (Å²) in [5, 5.41) is 1.99. The zero-order valence-corrected chi connectivity index (χ0v) is 11.8. The number of nitrogens with zero attached hydrogens (tertiary/aromatic N) is 1. The summed E-state index contributed by atoms with van der Waals surface area (Å²) in [4.78, 5) is 11.5. The lowest BCUT2D eigenvalue weighted by Gasteiger charge is -2.20. The Labute approximate surface area is 104 Å². The maximum absolute atomic E-state index is 11.8. The van der Waals surface area contributed by atoms with Crippen LogP contribution in [0.15, 0.2) is 0 Å². The first-order valence-corrected chi connectivity index (χ1v) is 7.14. The van der Waals surface area contributed by atoms with Gasteiger partial charge >= 0.3 is 0 Å². The van der Waals surface area contributed by atoms with Gasteiger partial charge in [-0.25, -0.2) is 8.42 Å². The van der Waals surface area contributed by atoms with Crippen molar-refractivity contribution in [1.82, 2.24) is 9.62 Å². The molecule has 3 N–H and O–H groups in total. The summed E-state index contributed by atoms with van der Waals surface area (Å²) in [6.07, 6.45) is 0. The number of carbonyl (C=O) groups is 1. The molecule has 6 nitrogen and oxygen atoms in total. The van der Waals surface area contributed by atoms with Crippen LogP contribution in [0.2, 0.25) is 0 Å². The maximum atomic E-state index is 11.8. The summed E-state index contributed by atoms with van der Waals surface area (Å²) >= 11 is 0. The van der Waals surface area contributed by atoms with E-state index in [1.807, 2.05) is 13.8 Å². The molecule has 17 heavy (non-hydrogen) atoms. The number of hydrogen-bond donors (Lipinski definition) is 2. The van der Waals surface area contributed by atoms with Crippen LogP contribution in [0.3, 0.4) is 0 Å². The van der Waals surface area contributed by atoms with Gasteiger partial charge in [-0.05, 0) is 12.8 Å². The highest BCUT2D eigenvalue weighted by atomic mass is 32.2. The van der Waals surface area contributed by atoms with Gasteiger partial charge in [-0.3, -0.25) is 4.79 Å². The first-order chi connectivity index (χ1) is 7.71. The Balaban J connectivity index is 4.35. The normalized spacial score (nSPS) is 14.1. The van der Waals surface area contributed by atoms with Crippen molar-refractivity contribution in [1.29, 1.82) is 0 Å². The molecule has 1 unspecified atom stereocenters. The van der Waals surface area contributed by atoms with Gasteiger partial charge in [-0.1, -0.05) is 13.8 Å². The highest BCUT2D eigenvalue weighted by molar-refractivity contribution is 7.89. The minimum absolute atomic E-state index is 0.0420. The van der Waals surface area contributed by atoms with Crippen LogP contribution in [0, 0.1) is 5.92 Å². The number of sulfonamides is 1. The van der Waals surface area contributed by atoms with Crippen molar-refractivity contribution >= 4 is 15.9 Å². The van der Waals surface area contributed by atoms with E-state index in [1.54, 1.807) is 0 Å². The molecule has 0 saturated carbocycles. The molecular weight excluding hydrogens is 242 g/mol. The van der Waals surface area contributed by atoms with Crippen molar-refractivity contribution in [3.63, 3.8) is 0 Å². The van der Waals surface area contributed by atoms with E-state index in [0.717, 1.165) is 4.31 Å². The van der Waals surface area contributed by atoms with Crippen LogP contribution >= 0.6 is 0 Å². The molecule has 0 rings (SSSR count). The van der Waals surface area contributed by atoms with Crippen molar-refractivity contribution < 1.29 is 13.2 Å². The Hall–Kier alpha value is -0.660. The summed E-state index contributed by atoms with van der Waals surface area (Å²) < 4.78 is 24.6. The molecule has 0 radical (unpaired) electrons. The Kier molecular flexibility index (Phi) is 6.66. The fourth-order valence-corrected chi connectivity index (χ4v) is 2.25. The monoisotopic (exact) mass is 265 g/mol. The quantitative estimate of drug-likeness (QED) is 0.641. The summed E-state index contributed by atoms with van der Waals surface area (Å²) in [5.41, 5.74) is 5.32. The van der Waals surface area contributed by atoms with Gasteiger partial charge in [-0.15, -0.1) is 0 Å². The second kappa shape index (κ2) is 6.93. The minimum Gasteiger partial charge on any atom is -0.355 e. The predicted octanol–water partition coefficient (Wildman–Crippen LogP) is -0.633. The smallest absolute Gasteiger partial charge is 0.235 e. The fraction of sp³-hybridized carbons (Fsp3) is 0.900. The molecule has 0 aromatic rings. The molecule has 0 aromatic heterocycles. The van der Waals surface area contributed by atoms with Crippen LogP contribution in [0.5, 0.6) is 0 Å². The van der Waals surface area contributed by atoms with E-state index in [0.29, 0.717) is 12.5 Å². The van der Waals surface area contributed by atoms with Gasteiger partial charge in [-0.2, -0.15) is 4.31 Å². The van der Waals surface area contributed by atoms with Gasteiger partial charge in [0.25, 0.3) is 0 Å². The molecular formula is C10H23N3O3S. The largest absolute Gasteiger partial charge is 0.355 e. The number of likely N-dealkylation sites (N-methyl/N-ethyl adjacent to an activating group) is 1. The molecule has 0 spiro atoms.